The lowest BCUT2D eigenvalue weighted by Crippen LogP contribution is -2.33. The summed E-state index contributed by atoms with van der Waals surface area (Å²) in [6.07, 6.45) is 3.90. The van der Waals surface area contributed by atoms with E-state index < -0.39 is 0 Å². The highest BCUT2D eigenvalue weighted by molar-refractivity contribution is 4.76. The Hall–Kier alpha value is -1.10. The molecule has 1 fully saturated rings. The molecule has 0 spiro atoms. The molecule has 1 saturated heterocycles. The fraction of sp³-hybridized carbons (Fsp3) is 0.750. The third-order valence-electron chi connectivity index (χ3n) is 2.44. The summed E-state index contributed by atoms with van der Waals surface area (Å²) in [6, 6.07) is 0.424. The minimum absolute atomic E-state index is 0.0336. The molecular formula is C8H14N4O. The molecule has 1 aliphatic rings. The molecule has 0 bridgehead atoms. The molecular weight excluding hydrogens is 168 g/mol. The van der Waals surface area contributed by atoms with Crippen LogP contribution in [-0.4, -0.2) is 26.9 Å². The highest BCUT2D eigenvalue weighted by Crippen LogP contribution is 2.05. The summed E-state index contributed by atoms with van der Waals surface area (Å²) in [7, 11) is 1.72. The maximum Gasteiger partial charge on any atom is 0.345 e. The summed E-state index contributed by atoms with van der Waals surface area (Å²) in [6.45, 7) is 1.76. The molecule has 0 saturated carbocycles. The zero-order valence-corrected chi connectivity index (χ0v) is 7.73. The van der Waals surface area contributed by atoms with Gasteiger partial charge in [0.25, 0.3) is 0 Å². The Kier molecular flexibility index (Phi) is 2.18. The molecule has 2 heterocycles. The van der Waals surface area contributed by atoms with Crippen molar-refractivity contribution in [2.75, 3.05) is 6.54 Å². The molecule has 1 unspecified atom stereocenters. The monoisotopic (exact) mass is 182 g/mol. The van der Waals surface area contributed by atoms with Crippen LogP contribution < -0.4 is 11.0 Å². The van der Waals surface area contributed by atoms with E-state index in [4.69, 9.17) is 0 Å². The number of nitrogens with zero attached hydrogens (tertiary/aromatic N) is 3. The lowest BCUT2D eigenvalue weighted by atomic mass is 10.2. The number of aryl methyl sites for hydroxylation is 1. The van der Waals surface area contributed by atoms with Crippen molar-refractivity contribution in [1.82, 2.24) is 19.7 Å². The highest BCUT2D eigenvalue weighted by atomic mass is 16.2. The third-order valence-corrected chi connectivity index (χ3v) is 2.44. The van der Waals surface area contributed by atoms with Crippen molar-refractivity contribution in [3.05, 3.63) is 16.8 Å². The van der Waals surface area contributed by atoms with Crippen LogP contribution >= 0.6 is 0 Å². The topological polar surface area (TPSA) is 51.9 Å². The van der Waals surface area contributed by atoms with Crippen molar-refractivity contribution < 1.29 is 0 Å². The van der Waals surface area contributed by atoms with Gasteiger partial charge in [-0.2, -0.15) is 5.10 Å². The van der Waals surface area contributed by atoms with Crippen molar-refractivity contribution in [2.45, 2.75) is 25.4 Å². The van der Waals surface area contributed by atoms with Crippen molar-refractivity contribution in [2.24, 2.45) is 7.05 Å². The summed E-state index contributed by atoms with van der Waals surface area (Å²) >= 11 is 0. The molecule has 1 aromatic heterocycles. The van der Waals surface area contributed by atoms with E-state index in [-0.39, 0.29) is 5.69 Å². The summed E-state index contributed by atoms with van der Waals surface area (Å²) in [5.74, 6) is 0. The Bertz CT molecular complexity index is 334. The molecule has 1 aliphatic heterocycles. The van der Waals surface area contributed by atoms with Gasteiger partial charge in [-0.25, -0.2) is 9.48 Å². The Labute approximate surface area is 76.4 Å². The fourth-order valence-corrected chi connectivity index (χ4v) is 1.67. The lowest BCUT2D eigenvalue weighted by Gasteiger charge is -2.07. The average Bonchev–Trinajstić information content (AvgIpc) is 2.71. The Morgan fingerprint density at radius 1 is 1.77 bits per heavy atom. The van der Waals surface area contributed by atoms with E-state index >= 15 is 0 Å². The molecule has 5 nitrogen and oxygen atoms in total. The van der Waals surface area contributed by atoms with E-state index in [2.05, 4.69) is 10.4 Å². The third kappa shape index (κ3) is 1.65. The van der Waals surface area contributed by atoms with Crippen LogP contribution in [0.25, 0.3) is 0 Å². The van der Waals surface area contributed by atoms with Gasteiger partial charge in [0.1, 0.15) is 6.33 Å². The Morgan fingerprint density at radius 3 is 3.15 bits per heavy atom. The number of aromatic nitrogens is 3. The van der Waals surface area contributed by atoms with Crippen molar-refractivity contribution >= 4 is 0 Å². The molecule has 1 aromatic rings. The molecule has 0 aliphatic carbocycles. The van der Waals surface area contributed by atoms with Crippen LogP contribution in [0.1, 0.15) is 12.8 Å². The van der Waals surface area contributed by atoms with Crippen LogP contribution in [0.4, 0.5) is 0 Å². The minimum atomic E-state index is -0.0336. The summed E-state index contributed by atoms with van der Waals surface area (Å²) in [5.41, 5.74) is -0.0336. The van der Waals surface area contributed by atoms with Gasteiger partial charge in [0.2, 0.25) is 0 Å². The van der Waals surface area contributed by atoms with Crippen LogP contribution in [0.3, 0.4) is 0 Å². The van der Waals surface area contributed by atoms with E-state index in [1.54, 1.807) is 13.4 Å². The largest absolute Gasteiger partial charge is 0.345 e. The zero-order valence-electron chi connectivity index (χ0n) is 7.73. The fourth-order valence-electron chi connectivity index (χ4n) is 1.67. The van der Waals surface area contributed by atoms with Crippen molar-refractivity contribution in [3.63, 3.8) is 0 Å². The first kappa shape index (κ1) is 8.50. The van der Waals surface area contributed by atoms with Gasteiger partial charge in [0, 0.05) is 13.1 Å². The van der Waals surface area contributed by atoms with Gasteiger partial charge in [-0.15, -0.1) is 0 Å². The summed E-state index contributed by atoms with van der Waals surface area (Å²) in [4.78, 5) is 11.4. The molecule has 0 amide bonds. The van der Waals surface area contributed by atoms with Gasteiger partial charge in [-0.1, -0.05) is 0 Å². The first-order valence-electron chi connectivity index (χ1n) is 4.59. The molecule has 0 radical (unpaired) electrons. The maximum absolute atomic E-state index is 11.4. The second-order valence-corrected chi connectivity index (χ2v) is 3.50. The van der Waals surface area contributed by atoms with Gasteiger partial charge in [0.05, 0.1) is 6.54 Å². The summed E-state index contributed by atoms with van der Waals surface area (Å²) < 4.78 is 3.01. The summed E-state index contributed by atoms with van der Waals surface area (Å²) in [5, 5.41) is 7.34. The normalized spacial score (nSPS) is 22.4. The van der Waals surface area contributed by atoms with Crippen LogP contribution in [0.5, 0.6) is 0 Å². The average molecular weight is 182 g/mol. The SMILES string of the molecule is Cn1cnn(CC2CCCN2)c1=O. The molecule has 5 heteroatoms. The second-order valence-electron chi connectivity index (χ2n) is 3.50. The number of hydrogen-bond donors (Lipinski definition) is 1. The van der Waals surface area contributed by atoms with Gasteiger partial charge >= 0.3 is 5.69 Å². The van der Waals surface area contributed by atoms with Crippen LogP contribution in [0, 0.1) is 0 Å². The standard InChI is InChI=1S/C8H14N4O/c1-11-6-10-12(8(11)13)5-7-3-2-4-9-7/h6-7,9H,2-5H2,1H3. The van der Waals surface area contributed by atoms with Crippen LogP contribution in [0.15, 0.2) is 11.1 Å². The number of nitrogens with one attached hydrogen (secondary N) is 1. The minimum Gasteiger partial charge on any atom is -0.312 e. The van der Waals surface area contributed by atoms with Crippen molar-refractivity contribution in [3.8, 4) is 0 Å². The first-order valence-corrected chi connectivity index (χ1v) is 4.59. The van der Waals surface area contributed by atoms with E-state index in [1.807, 2.05) is 0 Å². The maximum atomic E-state index is 11.4. The zero-order chi connectivity index (χ0) is 9.26. The van der Waals surface area contributed by atoms with E-state index in [0.717, 1.165) is 13.0 Å². The van der Waals surface area contributed by atoms with Gasteiger partial charge in [-0.05, 0) is 19.4 Å². The Balaban J connectivity index is 2.09. The smallest absolute Gasteiger partial charge is 0.312 e. The van der Waals surface area contributed by atoms with Crippen molar-refractivity contribution in [1.29, 1.82) is 0 Å². The van der Waals surface area contributed by atoms with E-state index in [0.29, 0.717) is 12.6 Å². The number of rotatable bonds is 2. The van der Waals surface area contributed by atoms with Crippen LogP contribution in [0.2, 0.25) is 0 Å². The molecule has 1 atom stereocenters. The number of hydrogen-bond acceptors (Lipinski definition) is 3. The quantitative estimate of drug-likeness (QED) is 0.660. The predicted molar refractivity (Wildman–Crippen MR) is 48.5 cm³/mol. The lowest BCUT2D eigenvalue weighted by molar-refractivity contribution is 0.463. The first-order chi connectivity index (χ1) is 6.27. The van der Waals surface area contributed by atoms with Gasteiger partial charge in [-0.3, -0.25) is 4.57 Å². The molecule has 0 aromatic carbocycles. The molecule has 72 valence electrons. The van der Waals surface area contributed by atoms with Gasteiger partial charge < -0.3 is 5.32 Å². The van der Waals surface area contributed by atoms with E-state index in [9.17, 15) is 4.79 Å². The predicted octanol–water partition coefficient (Wildman–Crippen LogP) is -0.666. The highest BCUT2D eigenvalue weighted by Gasteiger charge is 2.15. The Morgan fingerprint density at radius 2 is 2.62 bits per heavy atom. The van der Waals surface area contributed by atoms with E-state index in [1.165, 1.54) is 15.7 Å². The molecule has 1 N–H and O–H groups in total. The molecule has 2 rings (SSSR count). The second kappa shape index (κ2) is 3.33. The molecule has 13 heavy (non-hydrogen) atoms. The van der Waals surface area contributed by atoms with Crippen LogP contribution in [-0.2, 0) is 13.6 Å². The van der Waals surface area contributed by atoms with Gasteiger partial charge in [0.15, 0.2) is 0 Å².